The van der Waals surface area contributed by atoms with E-state index in [2.05, 4.69) is 0 Å². The molecule has 0 atom stereocenters. The van der Waals surface area contributed by atoms with Gasteiger partial charge in [-0.3, -0.25) is 4.55 Å². The van der Waals surface area contributed by atoms with E-state index in [0.29, 0.717) is 0 Å². The molecule has 53 heavy (non-hydrogen) atoms. The van der Waals surface area contributed by atoms with Crippen molar-refractivity contribution in [2.45, 2.75) is 60.6 Å². The zero-order valence-electron chi connectivity index (χ0n) is 27.7. The molecular formula is C29H32F6N4O10S4. The molecule has 14 nitrogen and oxygen atoms in total. The van der Waals surface area contributed by atoms with Crippen LogP contribution in [0.1, 0.15) is 32.5 Å². The van der Waals surface area contributed by atoms with Crippen molar-refractivity contribution in [2.24, 2.45) is 0 Å². The number of halogens is 6. The third-order valence-corrected chi connectivity index (χ3v) is 12.6. The molecule has 294 valence electrons. The first kappa shape index (κ1) is 42.0. The molecule has 0 fully saturated rings. The van der Waals surface area contributed by atoms with E-state index in [1.807, 2.05) is 0 Å². The van der Waals surface area contributed by atoms with E-state index in [1.165, 1.54) is 27.7 Å². The number of alkyl halides is 6. The van der Waals surface area contributed by atoms with Gasteiger partial charge in [-0.15, -0.1) is 0 Å². The lowest BCUT2D eigenvalue weighted by Crippen LogP contribution is -2.35. The molecule has 1 N–H and O–H groups in total. The molecule has 4 rings (SSSR count). The number of nitrogens with zero attached hydrogens (tertiary/aromatic N) is 4. The number of hydrogen-bond acceptors (Lipinski definition) is 11. The summed E-state index contributed by atoms with van der Waals surface area (Å²) >= 11 is 0. The van der Waals surface area contributed by atoms with Crippen molar-refractivity contribution < 1.29 is 73.7 Å². The molecule has 0 unspecified atom stereocenters. The standard InChI is InChI=1S/C29H32F6N4O10S4/c1-3-36-22-12-10-20(52(46,47)28(30,31)32)18-24(22)38(14-6-16-50(40,41)42)26(36)8-5-9-27-37(4-2)23-13-11-21(53(48,49)29(33,34)35)19-25(23)39(27)15-7-17-51(43,44)45/h5,8-13,18-19H,3-4,6-7,14-17H2,1-2H3,(H-,40,41,42,43,44,45). The Bertz CT molecular complexity index is 2410. The predicted octanol–water partition coefficient (Wildman–Crippen LogP) is 3.95. The second kappa shape index (κ2) is 14.8. The minimum Gasteiger partial charge on any atom is -0.748 e. The Balaban J connectivity index is 1.90. The molecule has 24 heteroatoms. The maximum atomic E-state index is 13.4. The van der Waals surface area contributed by atoms with Crippen LogP contribution in [0.3, 0.4) is 0 Å². The first-order chi connectivity index (χ1) is 24.2. The lowest BCUT2D eigenvalue weighted by Gasteiger charge is -2.24. The van der Waals surface area contributed by atoms with Crippen LogP contribution >= 0.6 is 0 Å². The zero-order chi connectivity index (χ0) is 39.9. The van der Waals surface area contributed by atoms with Crippen molar-refractivity contribution in [2.75, 3.05) is 34.4 Å². The van der Waals surface area contributed by atoms with Gasteiger partial charge in [0.05, 0.1) is 50.1 Å². The molecule has 1 aromatic heterocycles. The quantitative estimate of drug-likeness (QED) is 0.140. The fraction of sp³-hybridized carbons (Fsp3) is 0.414. The van der Waals surface area contributed by atoms with Gasteiger partial charge in [-0.2, -0.15) is 34.8 Å². The number of aryl methyl sites for hydroxylation is 2. The average molecular weight is 839 g/mol. The van der Waals surface area contributed by atoms with Gasteiger partial charge in [-0.25, -0.2) is 34.4 Å². The number of anilines is 2. The third kappa shape index (κ3) is 8.82. The van der Waals surface area contributed by atoms with Crippen LogP contribution in [0.5, 0.6) is 0 Å². The minimum atomic E-state index is -5.81. The van der Waals surface area contributed by atoms with E-state index in [0.717, 1.165) is 36.4 Å². The molecule has 2 aromatic carbocycles. The largest absolute Gasteiger partial charge is 0.748 e. The van der Waals surface area contributed by atoms with E-state index in [1.54, 1.807) is 23.3 Å². The molecule has 0 saturated heterocycles. The summed E-state index contributed by atoms with van der Waals surface area (Å²) in [6.45, 7) is 3.09. The van der Waals surface area contributed by atoms with Gasteiger partial charge in [0.15, 0.2) is 11.0 Å². The predicted molar refractivity (Wildman–Crippen MR) is 178 cm³/mol. The Kier molecular flexibility index (Phi) is 11.8. The Morgan fingerprint density at radius 3 is 1.87 bits per heavy atom. The Morgan fingerprint density at radius 2 is 1.34 bits per heavy atom. The number of benzene rings is 2. The van der Waals surface area contributed by atoms with E-state index in [9.17, 15) is 69.1 Å². The Labute approximate surface area is 300 Å². The van der Waals surface area contributed by atoms with Gasteiger partial charge in [-0.05, 0) is 63.1 Å². The van der Waals surface area contributed by atoms with Gasteiger partial charge in [0.25, 0.3) is 35.6 Å². The van der Waals surface area contributed by atoms with Crippen molar-refractivity contribution in [3.8, 4) is 0 Å². The van der Waals surface area contributed by atoms with Crippen LogP contribution in [0.25, 0.3) is 17.1 Å². The van der Waals surface area contributed by atoms with Crippen LogP contribution in [0.4, 0.5) is 37.7 Å². The third-order valence-electron chi connectivity index (χ3n) is 8.08. The first-order valence-electron chi connectivity index (χ1n) is 15.4. The van der Waals surface area contributed by atoms with Gasteiger partial charge in [0.2, 0.25) is 0 Å². The Morgan fingerprint density at radius 1 is 0.774 bits per heavy atom. The van der Waals surface area contributed by atoms with Crippen LogP contribution in [0, 0.1) is 0 Å². The minimum absolute atomic E-state index is 0.0397. The lowest BCUT2D eigenvalue weighted by molar-refractivity contribution is -0.670. The number of allylic oxidation sites excluding steroid dienone is 2. The van der Waals surface area contributed by atoms with E-state index < -0.39 is 72.2 Å². The zero-order valence-corrected chi connectivity index (χ0v) is 30.9. The van der Waals surface area contributed by atoms with Crippen LogP contribution in [0.15, 0.2) is 64.2 Å². The van der Waals surface area contributed by atoms with Gasteiger partial charge in [0, 0.05) is 31.0 Å². The number of fused-ring (bicyclic) bond motifs is 2. The maximum Gasteiger partial charge on any atom is 0.501 e. The van der Waals surface area contributed by atoms with Crippen molar-refractivity contribution >= 4 is 68.4 Å². The molecule has 2 heterocycles. The molecule has 0 spiro atoms. The molecule has 0 aliphatic carbocycles. The van der Waals surface area contributed by atoms with Gasteiger partial charge >= 0.3 is 11.0 Å². The van der Waals surface area contributed by atoms with E-state index >= 15 is 0 Å². The molecular weight excluding hydrogens is 807 g/mol. The number of sulfone groups is 2. The fourth-order valence-corrected chi connectivity index (χ4v) is 8.34. The van der Waals surface area contributed by atoms with Crippen molar-refractivity contribution in [3.05, 3.63) is 60.2 Å². The summed E-state index contributed by atoms with van der Waals surface area (Å²) in [5.74, 6) is -1.21. The number of rotatable bonds is 14. The Hall–Kier alpha value is -3.71. The second-order valence-corrected chi connectivity index (χ2v) is 18.5. The van der Waals surface area contributed by atoms with Gasteiger partial charge in [0.1, 0.15) is 5.82 Å². The lowest BCUT2D eigenvalue weighted by atomic mass is 10.2. The van der Waals surface area contributed by atoms with Crippen molar-refractivity contribution in [3.63, 3.8) is 0 Å². The molecule has 0 amide bonds. The van der Waals surface area contributed by atoms with Gasteiger partial charge < -0.3 is 14.4 Å². The number of imidazole rings is 1. The molecule has 0 bridgehead atoms. The monoisotopic (exact) mass is 838 g/mol. The summed E-state index contributed by atoms with van der Waals surface area (Å²) in [5, 5.41) is 0. The summed E-state index contributed by atoms with van der Waals surface area (Å²) in [6.07, 6.45) is 3.64. The summed E-state index contributed by atoms with van der Waals surface area (Å²) in [7, 11) is -20.8. The van der Waals surface area contributed by atoms with Crippen LogP contribution in [-0.2, 0) is 53.0 Å². The molecule has 1 aliphatic rings. The average Bonchev–Trinajstić information content (AvgIpc) is 3.48. The van der Waals surface area contributed by atoms with Crippen LogP contribution in [0.2, 0.25) is 0 Å². The highest BCUT2D eigenvalue weighted by Gasteiger charge is 2.48. The number of hydrogen-bond donors (Lipinski definition) is 1. The summed E-state index contributed by atoms with van der Waals surface area (Å²) in [4.78, 5) is 0.717. The molecule has 0 radical (unpaired) electrons. The highest BCUT2D eigenvalue weighted by Crippen LogP contribution is 2.44. The first-order valence-corrected chi connectivity index (χ1v) is 21.6. The fourth-order valence-electron chi connectivity index (χ4n) is 5.80. The highest BCUT2D eigenvalue weighted by molar-refractivity contribution is 7.92. The summed E-state index contributed by atoms with van der Waals surface area (Å²) < 4.78 is 199. The molecule has 3 aromatic rings. The van der Waals surface area contributed by atoms with Crippen molar-refractivity contribution in [1.29, 1.82) is 0 Å². The maximum absolute atomic E-state index is 13.4. The smallest absolute Gasteiger partial charge is 0.501 e. The van der Waals surface area contributed by atoms with Crippen LogP contribution < -0.4 is 14.4 Å². The van der Waals surface area contributed by atoms with Gasteiger partial charge in [-0.1, -0.05) is 6.08 Å². The SMILES string of the molecule is CCN1/C(=C\C=C\c2n(CCCS(=O)(=O)[O-])c3cc(S(=O)(=O)C(F)(F)F)ccc3[n+]2CC)N(CCCS(=O)(=O)O)c2cc(S(=O)(=O)C(F)(F)F)ccc21. The summed E-state index contributed by atoms with van der Waals surface area (Å²) in [5.41, 5.74) is -10.9. The van der Waals surface area contributed by atoms with Crippen LogP contribution in [-0.4, -0.2) is 83.0 Å². The van der Waals surface area contributed by atoms with Crippen molar-refractivity contribution in [1.82, 2.24) is 4.57 Å². The molecule has 0 saturated carbocycles. The van der Waals surface area contributed by atoms with E-state index in [4.69, 9.17) is 0 Å². The summed E-state index contributed by atoms with van der Waals surface area (Å²) in [6, 6.07) is 5.32. The number of aromatic nitrogens is 2. The van der Waals surface area contributed by atoms with E-state index in [-0.39, 0.29) is 73.1 Å². The highest BCUT2D eigenvalue weighted by atomic mass is 32.2. The molecule has 1 aliphatic heterocycles. The normalized spacial score (nSPS) is 15.7. The topological polar surface area (TPSA) is 195 Å². The second-order valence-electron chi connectivity index (χ2n) is 11.5.